The van der Waals surface area contributed by atoms with E-state index in [1.807, 2.05) is 0 Å². The monoisotopic (exact) mass is 371 g/mol. The number of anilines is 1. The minimum absolute atomic E-state index is 0.0101. The number of phenolic OH excluding ortho intramolecular Hbond substituents is 1. The number of aromatic hydroxyl groups is 1. The second kappa shape index (κ2) is 9.81. The fourth-order valence-corrected chi connectivity index (χ4v) is 2.23. The smallest absolute Gasteiger partial charge is 0.240 e. The van der Waals surface area contributed by atoms with Crippen molar-refractivity contribution < 1.29 is 24.2 Å². The van der Waals surface area contributed by atoms with Gasteiger partial charge >= 0.3 is 0 Å². The molecule has 2 rings (SSSR count). The van der Waals surface area contributed by atoms with Crippen molar-refractivity contribution in [1.82, 2.24) is 5.43 Å². The Morgan fingerprint density at radius 2 is 1.67 bits per heavy atom. The van der Waals surface area contributed by atoms with Gasteiger partial charge in [0.15, 0.2) is 11.5 Å². The molecule has 0 saturated carbocycles. The molecule has 0 aromatic heterocycles. The lowest BCUT2D eigenvalue weighted by molar-refractivity contribution is -0.124. The van der Waals surface area contributed by atoms with Gasteiger partial charge in [-0.05, 0) is 24.3 Å². The molecule has 3 N–H and O–H groups in total. The van der Waals surface area contributed by atoms with Crippen LogP contribution in [0.1, 0.15) is 18.4 Å². The van der Waals surface area contributed by atoms with E-state index >= 15 is 0 Å². The molecular formula is C19H21N3O5. The van der Waals surface area contributed by atoms with E-state index in [0.29, 0.717) is 22.7 Å². The van der Waals surface area contributed by atoms with Crippen molar-refractivity contribution in [3.63, 3.8) is 0 Å². The molecule has 2 amide bonds. The van der Waals surface area contributed by atoms with Crippen LogP contribution in [0.25, 0.3) is 0 Å². The van der Waals surface area contributed by atoms with E-state index in [1.165, 1.54) is 20.4 Å². The fourth-order valence-electron chi connectivity index (χ4n) is 2.23. The van der Waals surface area contributed by atoms with E-state index in [9.17, 15) is 14.7 Å². The van der Waals surface area contributed by atoms with Gasteiger partial charge in [-0.1, -0.05) is 18.2 Å². The van der Waals surface area contributed by atoms with E-state index < -0.39 is 5.91 Å². The maximum atomic E-state index is 12.0. The molecule has 0 aliphatic rings. The molecule has 8 heteroatoms. The second-order valence-electron chi connectivity index (χ2n) is 5.44. The third-order valence-corrected chi connectivity index (χ3v) is 3.60. The number of nitrogens with one attached hydrogen (secondary N) is 2. The van der Waals surface area contributed by atoms with Gasteiger partial charge in [-0.15, -0.1) is 0 Å². The van der Waals surface area contributed by atoms with Gasteiger partial charge in [0.25, 0.3) is 0 Å². The average molecular weight is 371 g/mol. The van der Waals surface area contributed by atoms with Crippen LogP contribution in [-0.4, -0.2) is 37.4 Å². The standard InChI is InChI=1S/C19H21N3O5/c1-26-15-8-4-3-7-14(15)21-17(23)10-11-18(24)22-20-12-13-6-5-9-16(27-2)19(13)25/h3-9,12,25H,10-11H2,1-2H3,(H,21,23)(H,22,24). The molecule has 8 nitrogen and oxygen atoms in total. The summed E-state index contributed by atoms with van der Waals surface area (Å²) in [7, 11) is 2.95. The number of phenols is 1. The Morgan fingerprint density at radius 3 is 2.41 bits per heavy atom. The Bertz CT molecular complexity index is 836. The Balaban J connectivity index is 1.81. The fraction of sp³-hybridized carbons (Fsp3) is 0.211. The van der Waals surface area contributed by atoms with Crippen LogP contribution in [0.15, 0.2) is 47.6 Å². The number of hydrogen-bond donors (Lipinski definition) is 3. The van der Waals surface area contributed by atoms with Crippen molar-refractivity contribution in [1.29, 1.82) is 0 Å². The SMILES string of the molecule is COc1ccccc1NC(=O)CCC(=O)NN=Cc1cccc(OC)c1O. The van der Waals surface area contributed by atoms with E-state index in [2.05, 4.69) is 15.8 Å². The number of hydrogen-bond acceptors (Lipinski definition) is 6. The van der Waals surface area contributed by atoms with Gasteiger partial charge in [0.05, 0.1) is 26.1 Å². The van der Waals surface area contributed by atoms with Gasteiger partial charge in [0, 0.05) is 18.4 Å². The first-order valence-electron chi connectivity index (χ1n) is 8.16. The number of ether oxygens (including phenoxy) is 2. The molecule has 0 aliphatic heterocycles. The van der Waals surface area contributed by atoms with Crippen LogP contribution >= 0.6 is 0 Å². The number of carbonyl (C=O) groups excluding carboxylic acids is 2. The summed E-state index contributed by atoms with van der Waals surface area (Å²) in [5.41, 5.74) is 3.24. The van der Waals surface area contributed by atoms with E-state index in [1.54, 1.807) is 42.5 Å². The molecule has 0 aliphatic carbocycles. The lowest BCUT2D eigenvalue weighted by atomic mass is 10.2. The number of carbonyl (C=O) groups is 2. The molecule has 0 unspecified atom stereocenters. The first-order chi connectivity index (χ1) is 13.0. The van der Waals surface area contributed by atoms with Crippen LogP contribution in [-0.2, 0) is 9.59 Å². The number of nitrogens with zero attached hydrogens (tertiary/aromatic N) is 1. The van der Waals surface area contributed by atoms with Crippen molar-refractivity contribution in [3.8, 4) is 17.2 Å². The minimum atomic E-state index is -0.427. The number of rotatable bonds is 8. The van der Waals surface area contributed by atoms with Crippen molar-refractivity contribution in [2.75, 3.05) is 19.5 Å². The van der Waals surface area contributed by atoms with Gasteiger partial charge in [-0.25, -0.2) is 5.43 Å². The Labute approximate surface area is 156 Å². The molecule has 0 radical (unpaired) electrons. The van der Waals surface area contributed by atoms with Crippen LogP contribution in [0.3, 0.4) is 0 Å². The van der Waals surface area contributed by atoms with Crippen LogP contribution < -0.4 is 20.2 Å². The van der Waals surface area contributed by atoms with Gasteiger partial charge in [0.1, 0.15) is 5.75 Å². The summed E-state index contributed by atoms with van der Waals surface area (Å²) in [6.07, 6.45) is 1.25. The first-order valence-corrected chi connectivity index (χ1v) is 8.16. The zero-order valence-electron chi connectivity index (χ0n) is 15.1. The lowest BCUT2D eigenvalue weighted by Gasteiger charge is -2.09. The number of para-hydroxylation sites is 3. The quantitative estimate of drug-likeness (QED) is 0.487. The highest BCUT2D eigenvalue weighted by Crippen LogP contribution is 2.28. The summed E-state index contributed by atoms with van der Waals surface area (Å²) < 4.78 is 10.1. The summed E-state index contributed by atoms with van der Waals surface area (Å²) in [5.74, 6) is 0.0263. The molecule has 0 atom stereocenters. The number of benzene rings is 2. The summed E-state index contributed by atoms with van der Waals surface area (Å²) in [6, 6.07) is 11.9. The average Bonchev–Trinajstić information content (AvgIpc) is 2.68. The molecule has 0 bridgehead atoms. The molecule has 0 spiro atoms. The highest BCUT2D eigenvalue weighted by Gasteiger charge is 2.09. The molecule has 2 aromatic rings. The zero-order chi connectivity index (χ0) is 19.6. The van der Waals surface area contributed by atoms with Crippen LogP contribution in [0.2, 0.25) is 0 Å². The maximum absolute atomic E-state index is 12.0. The summed E-state index contributed by atoms with van der Waals surface area (Å²) in [4.78, 5) is 23.8. The molecule has 2 aromatic carbocycles. The van der Waals surface area contributed by atoms with Crippen LogP contribution in [0.4, 0.5) is 5.69 Å². The number of methoxy groups -OCH3 is 2. The van der Waals surface area contributed by atoms with Gasteiger partial charge in [-0.2, -0.15) is 5.10 Å². The zero-order valence-corrected chi connectivity index (χ0v) is 15.1. The molecular weight excluding hydrogens is 350 g/mol. The molecule has 142 valence electrons. The Hall–Kier alpha value is -3.55. The Kier molecular flexibility index (Phi) is 7.18. The number of amides is 2. The molecule has 27 heavy (non-hydrogen) atoms. The molecule has 0 saturated heterocycles. The van der Waals surface area contributed by atoms with E-state index in [0.717, 1.165) is 0 Å². The van der Waals surface area contributed by atoms with Gasteiger partial charge in [0.2, 0.25) is 11.8 Å². The number of hydrazone groups is 1. The summed E-state index contributed by atoms with van der Waals surface area (Å²) in [5, 5.41) is 16.4. The minimum Gasteiger partial charge on any atom is -0.504 e. The van der Waals surface area contributed by atoms with E-state index in [-0.39, 0.29) is 24.5 Å². The van der Waals surface area contributed by atoms with Crippen molar-refractivity contribution in [3.05, 3.63) is 48.0 Å². The molecule has 0 heterocycles. The normalized spacial score (nSPS) is 10.4. The lowest BCUT2D eigenvalue weighted by Crippen LogP contribution is -2.20. The van der Waals surface area contributed by atoms with Gasteiger partial charge < -0.3 is 19.9 Å². The first kappa shape index (κ1) is 19.8. The maximum Gasteiger partial charge on any atom is 0.240 e. The van der Waals surface area contributed by atoms with Crippen molar-refractivity contribution in [2.24, 2.45) is 5.10 Å². The van der Waals surface area contributed by atoms with Gasteiger partial charge in [-0.3, -0.25) is 9.59 Å². The third kappa shape index (κ3) is 5.74. The largest absolute Gasteiger partial charge is 0.504 e. The van der Waals surface area contributed by atoms with Crippen molar-refractivity contribution >= 4 is 23.7 Å². The molecule has 0 fully saturated rings. The second-order valence-corrected chi connectivity index (χ2v) is 5.44. The summed E-state index contributed by atoms with van der Waals surface area (Å²) >= 11 is 0. The van der Waals surface area contributed by atoms with Crippen LogP contribution in [0.5, 0.6) is 17.2 Å². The topological polar surface area (TPSA) is 109 Å². The highest BCUT2D eigenvalue weighted by molar-refractivity contribution is 5.94. The predicted molar refractivity (Wildman–Crippen MR) is 101 cm³/mol. The highest BCUT2D eigenvalue weighted by atomic mass is 16.5. The van der Waals surface area contributed by atoms with Crippen molar-refractivity contribution in [2.45, 2.75) is 12.8 Å². The predicted octanol–water partition coefficient (Wildman–Crippen LogP) is 2.28. The summed E-state index contributed by atoms with van der Waals surface area (Å²) in [6.45, 7) is 0. The van der Waals surface area contributed by atoms with Crippen LogP contribution in [0, 0.1) is 0 Å². The Morgan fingerprint density at radius 1 is 1.00 bits per heavy atom. The third-order valence-electron chi connectivity index (χ3n) is 3.60. The van der Waals surface area contributed by atoms with E-state index in [4.69, 9.17) is 9.47 Å².